The number of hydrogen-bond donors (Lipinski definition) is 0. The second kappa shape index (κ2) is 5.22. The normalized spacial score (nSPS) is 24.1. The Balaban J connectivity index is 2.45. The molecule has 4 nitrogen and oxygen atoms in total. The van der Waals surface area contributed by atoms with Crippen LogP contribution in [0.25, 0.3) is 0 Å². The van der Waals surface area contributed by atoms with E-state index in [0.29, 0.717) is 29.2 Å². The molecule has 1 fully saturated rings. The van der Waals surface area contributed by atoms with Crippen molar-refractivity contribution in [3.8, 4) is 0 Å². The van der Waals surface area contributed by atoms with Crippen LogP contribution in [0.3, 0.4) is 0 Å². The Morgan fingerprint density at radius 3 is 2.72 bits per heavy atom. The van der Waals surface area contributed by atoms with Gasteiger partial charge in [-0.15, -0.1) is 0 Å². The Bertz CT molecular complexity index is 464. The molecule has 0 N–H and O–H groups in total. The predicted octanol–water partition coefficient (Wildman–Crippen LogP) is 2.88. The first-order valence-corrected chi connectivity index (χ1v) is 6.66. The van der Waals surface area contributed by atoms with Crippen LogP contribution < -0.4 is 4.90 Å². The molecule has 2 heterocycles. The summed E-state index contributed by atoms with van der Waals surface area (Å²) in [6.45, 7) is 7.08. The number of hydrogen-bond acceptors (Lipinski definition) is 4. The van der Waals surface area contributed by atoms with Crippen molar-refractivity contribution in [2.24, 2.45) is 5.92 Å². The van der Waals surface area contributed by atoms with Crippen molar-refractivity contribution in [3.63, 3.8) is 0 Å². The van der Waals surface area contributed by atoms with Crippen molar-refractivity contribution in [1.82, 2.24) is 9.97 Å². The van der Waals surface area contributed by atoms with Crippen molar-refractivity contribution in [2.75, 3.05) is 11.4 Å². The number of nitrogens with zero attached hydrogens (tertiary/aromatic N) is 3. The Labute approximate surface area is 112 Å². The minimum atomic E-state index is 0.248. The first kappa shape index (κ1) is 13.3. The largest absolute Gasteiger partial charge is 0.353 e. The Hall–Kier alpha value is -1.16. The summed E-state index contributed by atoms with van der Waals surface area (Å²) in [5.41, 5.74) is 0.406. The van der Waals surface area contributed by atoms with Gasteiger partial charge in [0, 0.05) is 12.6 Å². The molecule has 0 spiro atoms. The third kappa shape index (κ3) is 2.48. The topological polar surface area (TPSA) is 46.1 Å². The van der Waals surface area contributed by atoms with E-state index in [4.69, 9.17) is 11.6 Å². The quantitative estimate of drug-likeness (QED) is 0.611. The van der Waals surface area contributed by atoms with Gasteiger partial charge in [-0.05, 0) is 32.6 Å². The van der Waals surface area contributed by atoms with Gasteiger partial charge in [0.15, 0.2) is 6.29 Å². The van der Waals surface area contributed by atoms with Gasteiger partial charge in [0.25, 0.3) is 0 Å². The molecule has 5 heteroatoms. The molecule has 0 aliphatic carbocycles. The van der Waals surface area contributed by atoms with Gasteiger partial charge in [-0.1, -0.05) is 18.5 Å². The highest BCUT2D eigenvalue weighted by molar-refractivity contribution is 6.32. The summed E-state index contributed by atoms with van der Waals surface area (Å²) in [7, 11) is 0. The Morgan fingerprint density at radius 2 is 2.06 bits per heavy atom. The van der Waals surface area contributed by atoms with Crippen LogP contribution in [0.2, 0.25) is 5.15 Å². The molecule has 0 amide bonds. The smallest absolute Gasteiger partial charge is 0.156 e. The molecule has 2 atom stereocenters. The molecule has 0 bridgehead atoms. The van der Waals surface area contributed by atoms with Crippen LogP contribution in [-0.4, -0.2) is 28.8 Å². The zero-order valence-electron chi connectivity index (χ0n) is 11.0. The standard InChI is InChI=1S/C13H18ClN3O/c1-8-4-5-9(2)17(6-8)13-11(7-18)12(14)15-10(3)16-13/h7-9H,4-6H2,1-3H3. The summed E-state index contributed by atoms with van der Waals surface area (Å²) < 4.78 is 0. The minimum Gasteiger partial charge on any atom is -0.353 e. The van der Waals surface area contributed by atoms with E-state index in [1.807, 2.05) is 0 Å². The van der Waals surface area contributed by atoms with E-state index in [-0.39, 0.29) is 5.15 Å². The molecule has 1 aromatic heterocycles. The van der Waals surface area contributed by atoms with E-state index in [1.54, 1.807) is 6.92 Å². The Kier molecular flexibility index (Phi) is 3.85. The Morgan fingerprint density at radius 1 is 1.33 bits per heavy atom. The number of rotatable bonds is 2. The van der Waals surface area contributed by atoms with E-state index in [0.717, 1.165) is 19.3 Å². The lowest BCUT2D eigenvalue weighted by Crippen LogP contribution is -2.42. The van der Waals surface area contributed by atoms with Crippen LogP contribution in [0.1, 0.15) is 42.9 Å². The molecule has 98 valence electrons. The van der Waals surface area contributed by atoms with Gasteiger partial charge in [-0.25, -0.2) is 9.97 Å². The fourth-order valence-corrected chi connectivity index (χ4v) is 2.69. The van der Waals surface area contributed by atoms with E-state index in [1.165, 1.54) is 6.42 Å². The summed E-state index contributed by atoms with van der Waals surface area (Å²) in [6, 6.07) is 0.380. The van der Waals surface area contributed by atoms with Crippen molar-refractivity contribution in [3.05, 3.63) is 16.5 Å². The monoisotopic (exact) mass is 267 g/mol. The number of anilines is 1. The number of halogens is 1. The third-order valence-electron chi connectivity index (χ3n) is 3.50. The lowest BCUT2D eigenvalue weighted by molar-refractivity contribution is 0.112. The van der Waals surface area contributed by atoms with Crippen LogP contribution in [0.5, 0.6) is 0 Å². The average molecular weight is 268 g/mol. The lowest BCUT2D eigenvalue weighted by atomic mass is 9.95. The minimum absolute atomic E-state index is 0.248. The second-order valence-corrected chi connectivity index (χ2v) is 5.46. The summed E-state index contributed by atoms with van der Waals surface area (Å²) in [5.74, 6) is 1.89. The maximum atomic E-state index is 11.2. The second-order valence-electron chi connectivity index (χ2n) is 5.10. The SMILES string of the molecule is Cc1nc(Cl)c(C=O)c(N2CC(C)CCC2C)n1. The number of carbonyl (C=O) groups is 1. The van der Waals surface area contributed by atoms with Gasteiger partial charge in [-0.2, -0.15) is 0 Å². The van der Waals surface area contributed by atoms with Crippen LogP contribution >= 0.6 is 11.6 Å². The predicted molar refractivity (Wildman–Crippen MR) is 72.4 cm³/mol. The van der Waals surface area contributed by atoms with Crippen LogP contribution in [0, 0.1) is 12.8 Å². The maximum Gasteiger partial charge on any atom is 0.156 e. The van der Waals surface area contributed by atoms with E-state index >= 15 is 0 Å². The molecule has 0 saturated carbocycles. The molecule has 0 radical (unpaired) electrons. The van der Waals surface area contributed by atoms with Crippen LogP contribution in [0.4, 0.5) is 5.82 Å². The highest BCUT2D eigenvalue weighted by Gasteiger charge is 2.27. The molecule has 2 unspecified atom stereocenters. The number of aldehydes is 1. The number of carbonyl (C=O) groups excluding carboxylic acids is 1. The number of piperidine rings is 1. The molecule has 0 aromatic carbocycles. The maximum absolute atomic E-state index is 11.2. The molecule has 1 saturated heterocycles. The fraction of sp³-hybridized carbons (Fsp3) is 0.615. The summed E-state index contributed by atoms with van der Waals surface area (Å²) in [5, 5.41) is 0.248. The van der Waals surface area contributed by atoms with E-state index in [9.17, 15) is 4.79 Å². The highest BCUT2D eigenvalue weighted by atomic mass is 35.5. The van der Waals surface area contributed by atoms with Gasteiger partial charge in [-0.3, -0.25) is 4.79 Å². The van der Waals surface area contributed by atoms with Gasteiger partial charge >= 0.3 is 0 Å². The van der Waals surface area contributed by atoms with Crippen LogP contribution in [0.15, 0.2) is 0 Å². The third-order valence-corrected chi connectivity index (χ3v) is 3.79. The summed E-state index contributed by atoms with van der Waals surface area (Å²) in [6.07, 6.45) is 3.08. The van der Waals surface area contributed by atoms with E-state index < -0.39 is 0 Å². The van der Waals surface area contributed by atoms with Gasteiger partial charge in [0.05, 0.1) is 5.56 Å². The van der Waals surface area contributed by atoms with Crippen molar-refractivity contribution in [1.29, 1.82) is 0 Å². The van der Waals surface area contributed by atoms with Crippen molar-refractivity contribution in [2.45, 2.75) is 39.7 Å². The highest BCUT2D eigenvalue weighted by Crippen LogP contribution is 2.30. The zero-order valence-corrected chi connectivity index (χ0v) is 11.7. The molecular weight excluding hydrogens is 250 g/mol. The lowest BCUT2D eigenvalue weighted by Gasteiger charge is -2.38. The first-order valence-electron chi connectivity index (χ1n) is 6.29. The first-order chi connectivity index (χ1) is 8.52. The summed E-state index contributed by atoms with van der Waals surface area (Å²) in [4.78, 5) is 21.8. The van der Waals surface area contributed by atoms with Crippen LogP contribution in [-0.2, 0) is 0 Å². The van der Waals surface area contributed by atoms with Gasteiger partial charge in [0.2, 0.25) is 0 Å². The average Bonchev–Trinajstić information content (AvgIpc) is 2.31. The fourth-order valence-electron chi connectivity index (χ4n) is 2.44. The van der Waals surface area contributed by atoms with Crippen molar-refractivity contribution < 1.29 is 4.79 Å². The van der Waals surface area contributed by atoms with Gasteiger partial charge in [0.1, 0.15) is 16.8 Å². The van der Waals surface area contributed by atoms with Crippen molar-refractivity contribution >= 4 is 23.7 Å². The number of aromatic nitrogens is 2. The van der Waals surface area contributed by atoms with Gasteiger partial charge < -0.3 is 4.90 Å². The molecule has 2 rings (SSSR count). The van der Waals surface area contributed by atoms with E-state index in [2.05, 4.69) is 28.7 Å². The zero-order chi connectivity index (χ0) is 13.3. The molecular formula is C13H18ClN3O. The molecule has 1 aliphatic heterocycles. The number of aryl methyl sites for hydroxylation is 1. The molecule has 1 aromatic rings. The summed E-state index contributed by atoms with van der Waals surface area (Å²) >= 11 is 6.03. The molecule has 1 aliphatic rings. The molecule has 18 heavy (non-hydrogen) atoms.